The van der Waals surface area contributed by atoms with Crippen molar-refractivity contribution in [3.05, 3.63) is 70.7 Å². The van der Waals surface area contributed by atoms with Gasteiger partial charge in [0, 0.05) is 31.2 Å². The van der Waals surface area contributed by atoms with Gasteiger partial charge >= 0.3 is 0 Å². The number of nitrogens with zero attached hydrogens (tertiary/aromatic N) is 3. The molecule has 3 fully saturated rings. The van der Waals surface area contributed by atoms with E-state index in [1.807, 2.05) is 64.4 Å². The molecule has 2 aromatic rings. The second-order valence-electron chi connectivity index (χ2n) is 10.7. The molecule has 0 aliphatic carbocycles. The quantitative estimate of drug-likeness (QED) is 0.653. The Hall–Kier alpha value is -2.41. The largest absolute Gasteiger partial charge is 0.391 e. The summed E-state index contributed by atoms with van der Waals surface area (Å²) in [5.74, 6) is 0.227. The zero-order chi connectivity index (χ0) is 25.1. The summed E-state index contributed by atoms with van der Waals surface area (Å²) in [5, 5.41) is 12.1. The van der Waals surface area contributed by atoms with Crippen molar-refractivity contribution >= 4 is 23.4 Å². The first-order chi connectivity index (χ1) is 17.4. The van der Waals surface area contributed by atoms with Gasteiger partial charge in [-0.15, -0.1) is 0 Å². The first kappa shape index (κ1) is 25.2. The molecule has 3 atom stereocenters. The number of carbonyl (C=O) groups excluding carboxylic acids is 2. The molecule has 0 aromatic heterocycles. The number of piperidine rings is 3. The minimum absolute atomic E-state index is 0.0664. The summed E-state index contributed by atoms with van der Waals surface area (Å²) in [6.07, 6.45) is 4.61. The van der Waals surface area contributed by atoms with E-state index in [0.29, 0.717) is 31.1 Å². The highest BCUT2D eigenvalue weighted by atomic mass is 35.5. The number of hydrogen-bond donors (Lipinski definition) is 1. The Morgan fingerprint density at radius 1 is 1.00 bits per heavy atom. The Labute approximate surface area is 218 Å². The fourth-order valence-electron chi connectivity index (χ4n) is 6.43. The third kappa shape index (κ3) is 5.31. The summed E-state index contributed by atoms with van der Waals surface area (Å²) in [6.45, 7) is 3.71. The van der Waals surface area contributed by atoms with Gasteiger partial charge < -0.3 is 14.9 Å². The van der Waals surface area contributed by atoms with Crippen LogP contribution in [0.4, 0.5) is 0 Å². The SMILES string of the molecule is O=C(CN1CCC[C@]2(C[C@@H](O)[C@H](c3ccccc3)N(Cc3cccc(Cl)c3)C2=O)C1)N1CCCCC1. The van der Waals surface area contributed by atoms with Crippen LogP contribution in [0.1, 0.15) is 55.7 Å². The number of benzene rings is 2. The van der Waals surface area contributed by atoms with Gasteiger partial charge in [0.1, 0.15) is 0 Å². The van der Waals surface area contributed by atoms with Crippen LogP contribution in [0.5, 0.6) is 0 Å². The highest BCUT2D eigenvalue weighted by Crippen LogP contribution is 2.46. The summed E-state index contributed by atoms with van der Waals surface area (Å²) in [7, 11) is 0. The summed E-state index contributed by atoms with van der Waals surface area (Å²) < 4.78 is 0. The van der Waals surface area contributed by atoms with Crippen molar-refractivity contribution in [1.29, 1.82) is 0 Å². The van der Waals surface area contributed by atoms with Gasteiger partial charge in [-0.25, -0.2) is 0 Å². The molecule has 3 saturated heterocycles. The van der Waals surface area contributed by atoms with Crippen molar-refractivity contribution in [2.24, 2.45) is 5.41 Å². The van der Waals surface area contributed by atoms with Crippen molar-refractivity contribution in [3.8, 4) is 0 Å². The molecule has 192 valence electrons. The Morgan fingerprint density at radius 2 is 1.78 bits per heavy atom. The van der Waals surface area contributed by atoms with Crippen molar-refractivity contribution in [3.63, 3.8) is 0 Å². The van der Waals surface area contributed by atoms with Crippen LogP contribution in [0.15, 0.2) is 54.6 Å². The van der Waals surface area contributed by atoms with Gasteiger partial charge in [0.2, 0.25) is 11.8 Å². The van der Waals surface area contributed by atoms with Crippen LogP contribution in [0, 0.1) is 5.41 Å². The van der Waals surface area contributed by atoms with E-state index in [4.69, 9.17) is 11.6 Å². The number of rotatable bonds is 5. The molecule has 0 radical (unpaired) electrons. The minimum atomic E-state index is -0.693. The van der Waals surface area contributed by atoms with Gasteiger partial charge in [0.15, 0.2) is 0 Å². The second-order valence-corrected chi connectivity index (χ2v) is 11.2. The van der Waals surface area contributed by atoms with Crippen molar-refractivity contribution in [1.82, 2.24) is 14.7 Å². The van der Waals surface area contributed by atoms with Gasteiger partial charge in [0.05, 0.1) is 24.1 Å². The van der Waals surface area contributed by atoms with Crippen molar-refractivity contribution in [2.75, 3.05) is 32.7 Å². The first-order valence-electron chi connectivity index (χ1n) is 13.2. The number of aliphatic hydroxyl groups excluding tert-OH is 1. The molecular formula is C29H36ClN3O3. The fourth-order valence-corrected chi connectivity index (χ4v) is 6.64. The first-order valence-corrected chi connectivity index (χ1v) is 13.6. The molecule has 3 heterocycles. The molecule has 3 aliphatic heterocycles. The maximum absolute atomic E-state index is 14.3. The lowest BCUT2D eigenvalue weighted by molar-refractivity contribution is -0.167. The van der Waals surface area contributed by atoms with E-state index in [9.17, 15) is 14.7 Å². The summed E-state index contributed by atoms with van der Waals surface area (Å²) in [5.41, 5.74) is 1.18. The van der Waals surface area contributed by atoms with Crippen LogP contribution in [0.3, 0.4) is 0 Å². The van der Waals surface area contributed by atoms with E-state index in [-0.39, 0.29) is 11.8 Å². The molecule has 5 rings (SSSR count). The zero-order valence-corrected chi connectivity index (χ0v) is 21.6. The van der Waals surface area contributed by atoms with Gasteiger partial charge in [-0.1, -0.05) is 54.1 Å². The Kier molecular flexibility index (Phi) is 7.65. The maximum atomic E-state index is 14.3. The van der Waals surface area contributed by atoms with Crippen LogP contribution in [-0.4, -0.2) is 70.4 Å². The molecule has 2 amide bonds. The molecule has 2 aromatic carbocycles. The van der Waals surface area contributed by atoms with E-state index in [1.165, 1.54) is 6.42 Å². The highest BCUT2D eigenvalue weighted by Gasteiger charge is 2.53. The molecule has 1 N–H and O–H groups in total. The van der Waals surface area contributed by atoms with E-state index < -0.39 is 17.6 Å². The van der Waals surface area contributed by atoms with E-state index >= 15 is 0 Å². The van der Waals surface area contributed by atoms with Gasteiger partial charge in [-0.05, 0) is 68.3 Å². The zero-order valence-electron chi connectivity index (χ0n) is 20.8. The molecular weight excluding hydrogens is 474 g/mol. The van der Waals surface area contributed by atoms with Crippen LogP contribution in [0.2, 0.25) is 5.02 Å². The Bertz CT molecular complexity index is 1070. The summed E-state index contributed by atoms with van der Waals surface area (Å²) in [4.78, 5) is 33.3. The average Bonchev–Trinajstić information content (AvgIpc) is 2.88. The van der Waals surface area contributed by atoms with Gasteiger partial charge in [0.25, 0.3) is 0 Å². The smallest absolute Gasteiger partial charge is 0.236 e. The fraction of sp³-hybridized carbons (Fsp3) is 0.517. The molecule has 0 bridgehead atoms. The molecule has 36 heavy (non-hydrogen) atoms. The molecule has 6 nitrogen and oxygen atoms in total. The van der Waals surface area contributed by atoms with Gasteiger partial charge in [-0.2, -0.15) is 0 Å². The number of carbonyl (C=O) groups is 2. The summed E-state index contributed by atoms with van der Waals surface area (Å²) in [6, 6.07) is 17.0. The number of hydrogen-bond acceptors (Lipinski definition) is 4. The number of amides is 2. The van der Waals surface area contributed by atoms with E-state index in [0.717, 1.165) is 56.4 Å². The minimum Gasteiger partial charge on any atom is -0.391 e. The normalized spacial score (nSPS) is 27.4. The van der Waals surface area contributed by atoms with Crippen molar-refractivity contribution < 1.29 is 14.7 Å². The Morgan fingerprint density at radius 3 is 2.53 bits per heavy atom. The molecule has 3 aliphatic rings. The molecule has 7 heteroatoms. The van der Waals surface area contributed by atoms with Crippen LogP contribution in [0.25, 0.3) is 0 Å². The van der Waals surface area contributed by atoms with Crippen LogP contribution in [-0.2, 0) is 16.1 Å². The van der Waals surface area contributed by atoms with Crippen LogP contribution >= 0.6 is 11.6 Å². The lowest BCUT2D eigenvalue weighted by atomic mass is 9.69. The second kappa shape index (κ2) is 10.9. The predicted molar refractivity (Wildman–Crippen MR) is 140 cm³/mol. The molecule has 1 spiro atoms. The molecule has 0 saturated carbocycles. The third-order valence-corrected chi connectivity index (χ3v) is 8.36. The van der Waals surface area contributed by atoms with Crippen LogP contribution < -0.4 is 0 Å². The molecule has 0 unspecified atom stereocenters. The lowest BCUT2D eigenvalue weighted by Gasteiger charge is -2.52. The van der Waals surface area contributed by atoms with Crippen molar-refractivity contribution in [2.45, 2.75) is 57.2 Å². The number of halogens is 1. The number of aliphatic hydroxyl groups is 1. The third-order valence-electron chi connectivity index (χ3n) is 8.12. The Balaban J connectivity index is 1.40. The topological polar surface area (TPSA) is 64.1 Å². The lowest BCUT2D eigenvalue weighted by Crippen LogP contribution is -2.61. The predicted octanol–water partition coefficient (Wildman–Crippen LogP) is 4.27. The summed E-state index contributed by atoms with van der Waals surface area (Å²) >= 11 is 6.26. The average molecular weight is 510 g/mol. The highest BCUT2D eigenvalue weighted by molar-refractivity contribution is 6.30. The maximum Gasteiger partial charge on any atom is 0.236 e. The number of likely N-dealkylation sites (tertiary alicyclic amines) is 3. The van der Waals surface area contributed by atoms with Gasteiger partial charge in [-0.3, -0.25) is 14.5 Å². The van der Waals surface area contributed by atoms with E-state index in [2.05, 4.69) is 4.90 Å². The van der Waals surface area contributed by atoms with E-state index in [1.54, 1.807) is 0 Å². The standard InChI is InChI=1S/C29H36ClN3O3/c30-24-12-7-9-22(17-24)19-33-27(23-10-3-1-4-11-23)25(34)18-29(28(33)36)13-8-14-31(21-29)20-26(35)32-15-5-2-6-16-32/h1,3-4,7,9-12,17,25,27,34H,2,5-6,8,13-16,18-21H2/t25-,27+,29+/m1/s1. The monoisotopic (exact) mass is 509 g/mol.